The van der Waals surface area contributed by atoms with Crippen molar-refractivity contribution < 1.29 is 18.3 Å². The number of nitrogens with two attached hydrogens (primary N) is 1. The van der Waals surface area contributed by atoms with Crippen molar-refractivity contribution in [2.75, 3.05) is 24.6 Å². The Morgan fingerprint density at radius 3 is 2.67 bits per heavy atom. The molecule has 4 heterocycles. The van der Waals surface area contributed by atoms with Gasteiger partial charge in [0.25, 0.3) is 0 Å². The van der Waals surface area contributed by atoms with Crippen LogP contribution in [0.5, 0.6) is 11.6 Å². The Kier molecular flexibility index (Phi) is 7.69. The average Bonchev–Trinajstić information content (AvgIpc) is 3.58. The van der Waals surface area contributed by atoms with Crippen LogP contribution in [0.3, 0.4) is 0 Å². The van der Waals surface area contributed by atoms with Crippen molar-refractivity contribution in [3.05, 3.63) is 94.6 Å². The highest BCUT2D eigenvalue weighted by Gasteiger charge is 2.22. The van der Waals surface area contributed by atoms with E-state index < -0.39 is 17.4 Å². The Bertz CT molecular complexity index is 1490. The van der Waals surface area contributed by atoms with Crippen molar-refractivity contribution in [3.8, 4) is 17.3 Å². The summed E-state index contributed by atoms with van der Waals surface area (Å²) in [6.07, 6.45) is 10.7. The van der Waals surface area contributed by atoms with Gasteiger partial charge in [-0.2, -0.15) is 5.10 Å². The second-order valence-corrected chi connectivity index (χ2v) is 10.3. The lowest BCUT2D eigenvalue weighted by molar-refractivity contribution is 0.102. The molecule has 2 aromatic heterocycles. The number of ether oxygens (including phenoxy) is 1. The zero-order valence-electron chi connectivity index (χ0n) is 21.6. The predicted octanol–water partition coefficient (Wildman–Crippen LogP) is 5.47. The molecule has 2 aliphatic rings. The number of aryl methyl sites for hydroxylation is 1. The molecule has 0 amide bonds. The first kappa shape index (κ1) is 26.5. The molecule has 1 saturated heterocycles. The molecule has 5 rings (SSSR count). The van der Waals surface area contributed by atoms with Crippen LogP contribution in [-0.2, 0) is 0 Å². The van der Waals surface area contributed by atoms with E-state index in [-0.39, 0.29) is 23.0 Å². The number of para-hydroxylation sites is 1. The van der Waals surface area contributed by atoms with E-state index in [4.69, 9.17) is 10.5 Å². The fraction of sp³-hybridized carbons (Fsp3) is 0.250. The lowest BCUT2D eigenvalue weighted by Crippen LogP contribution is -2.22. The van der Waals surface area contributed by atoms with Gasteiger partial charge in [0, 0.05) is 30.6 Å². The highest BCUT2D eigenvalue weighted by molar-refractivity contribution is 7.97. The zero-order chi connectivity index (χ0) is 27.5. The maximum Gasteiger partial charge on any atom is 0.219 e. The average molecular weight is 551 g/mol. The van der Waals surface area contributed by atoms with Crippen LogP contribution in [0, 0.1) is 18.6 Å². The number of hydrogen-bond donors (Lipinski definition) is 2. The summed E-state index contributed by atoms with van der Waals surface area (Å²) in [5.74, 6) is -1.21. The van der Waals surface area contributed by atoms with Gasteiger partial charge in [-0.25, -0.2) is 18.4 Å². The molecular weight excluding hydrogens is 522 g/mol. The number of aromatic nitrogens is 3. The number of carbonyl (C=O) groups is 1. The minimum absolute atomic E-state index is 0.00493. The first-order valence-electron chi connectivity index (χ1n) is 12.5. The van der Waals surface area contributed by atoms with Gasteiger partial charge in [-0.15, -0.1) is 0 Å². The quantitative estimate of drug-likeness (QED) is 0.308. The van der Waals surface area contributed by atoms with Crippen LogP contribution in [0.25, 0.3) is 5.69 Å². The topological polar surface area (TPSA) is 98.3 Å². The fourth-order valence-corrected chi connectivity index (χ4v) is 5.51. The monoisotopic (exact) mass is 550 g/mol. The molecule has 0 radical (unpaired) electrons. The van der Waals surface area contributed by atoms with Gasteiger partial charge in [0.1, 0.15) is 5.82 Å². The van der Waals surface area contributed by atoms with Crippen LogP contribution in [-0.4, -0.2) is 43.7 Å². The molecule has 0 saturated carbocycles. The number of Topliss-reactive ketones (excluding diaryl/α,β-unsaturated/α-hetero) is 1. The number of nitrogens with one attached hydrogen (secondary N) is 1. The number of benzene rings is 1. The van der Waals surface area contributed by atoms with Crippen LogP contribution in [0.4, 0.5) is 14.6 Å². The normalized spacial score (nSPS) is 19.9. The van der Waals surface area contributed by atoms with Crippen LogP contribution < -0.4 is 15.8 Å². The minimum atomic E-state index is -0.835. The lowest BCUT2D eigenvalue weighted by Gasteiger charge is -2.21. The molecule has 1 fully saturated rings. The van der Waals surface area contributed by atoms with Crippen LogP contribution in [0.2, 0.25) is 0 Å². The summed E-state index contributed by atoms with van der Waals surface area (Å²) in [7, 11) is 0. The number of nitrogen functional groups attached to an aromatic ring is 1. The Labute approximate surface area is 229 Å². The summed E-state index contributed by atoms with van der Waals surface area (Å²) in [5.41, 5.74) is 10.5. The predicted molar refractivity (Wildman–Crippen MR) is 148 cm³/mol. The Morgan fingerprint density at radius 2 is 1.95 bits per heavy atom. The molecule has 0 unspecified atom stereocenters. The summed E-state index contributed by atoms with van der Waals surface area (Å²) in [6, 6.07) is 4.97. The molecule has 3 aromatic rings. The molecule has 3 N–H and O–H groups in total. The largest absolute Gasteiger partial charge is 0.433 e. The van der Waals surface area contributed by atoms with Gasteiger partial charge in [-0.05, 0) is 68.0 Å². The van der Waals surface area contributed by atoms with Crippen LogP contribution in [0.1, 0.15) is 35.7 Å². The number of ketones is 1. The number of pyridine rings is 1. The molecule has 0 atom stereocenters. The van der Waals surface area contributed by atoms with E-state index in [1.165, 1.54) is 40.5 Å². The van der Waals surface area contributed by atoms with Crippen molar-refractivity contribution >= 4 is 23.5 Å². The first-order valence-corrected chi connectivity index (χ1v) is 13.5. The van der Waals surface area contributed by atoms with Gasteiger partial charge in [0.05, 0.1) is 29.3 Å². The van der Waals surface area contributed by atoms with E-state index in [9.17, 15) is 13.6 Å². The molecule has 202 valence electrons. The van der Waals surface area contributed by atoms with Gasteiger partial charge >= 0.3 is 0 Å². The standard InChI is InChI=1S/C28H28F2N6O2S/c1-17-6-3-9-22(32-11-10-23(17)35-12-5-13-39-35)26(37)19-15-34-36(28(19)31)24-16-33-25(14-18(24)2)38-27-20(29)7-4-8-21(27)30/h4,6-10,14-16,32H,3,5,11-13,31H2,1-2H3/b17-6-,22-9-,23-10+. The molecular formula is C28H28F2N6O2S. The van der Waals surface area contributed by atoms with E-state index in [2.05, 4.69) is 38.8 Å². The summed E-state index contributed by atoms with van der Waals surface area (Å²) in [4.78, 5) is 17.6. The van der Waals surface area contributed by atoms with Crippen molar-refractivity contribution in [1.82, 2.24) is 24.4 Å². The third kappa shape index (κ3) is 5.53. The van der Waals surface area contributed by atoms with E-state index >= 15 is 0 Å². The first-order chi connectivity index (χ1) is 18.8. The third-order valence-electron chi connectivity index (χ3n) is 6.47. The van der Waals surface area contributed by atoms with Crippen molar-refractivity contribution in [1.29, 1.82) is 0 Å². The number of carbonyl (C=O) groups excluding carboxylic acids is 1. The summed E-state index contributed by atoms with van der Waals surface area (Å²) >= 11 is 1.82. The minimum Gasteiger partial charge on any atom is -0.433 e. The number of allylic oxidation sites excluding steroid dienone is 4. The van der Waals surface area contributed by atoms with Crippen LogP contribution >= 0.6 is 11.9 Å². The second-order valence-electron chi connectivity index (χ2n) is 9.15. The Balaban J connectivity index is 1.35. The van der Waals surface area contributed by atoms with Crippen molar-refractivity contribution in [2.24, 2.45) is 0 Å². The lowest BCUT2D eigenvalue weighted by atomic mass is 10.1. The molecule has 39 heavy (non-hydrogen) atoms. The molecule has 2 aliphatic heterocycles. The summed E-state index contributed by atoms with van der Waals surface area (Å²) in [6.45, 7) is 5.35. The number of hydrogen-bond acceptors (Lipinski definition) is 8. The molecule has 0 spiro atoms. The number of nitrogens with zero attached hydrogens (tertiary/aromatic N) is 4. The van der Waals surface area contributed by atoms with E-state index in [1.54, 1.807) is 6.92 Å². The van der Waals surface area contributed by atoms with Gasteiger partial charge in [-0.3, -0.25) is 4.79 Å². The van der Waals surface area contributed by atoms with Crippen molar-refractivity contribution in [3.63, 3.8) is 0 Å². The number of rotatable bonds is 6. The molecule has 11 heteroatoms. The number of anilines is 1. The third-order valence-corrected chi connectivity index (χ3v) is 7.63. The van der Waals surface area contributed by atoms with Gasteiger partial charge in [-0.1, -0.05) is 18.2 Å². The van der Waals surface area contributed by atoms with Gasteiger partial charge < -0.3 is 20.1 Å². The maximum atomic E-state index is 14.0. The van der Waals surface area contributed by atoms with Gasteiger partial charge in [0.2, 0.25) is 17.4 Å². The summed E-state index contributed by atoms with van der Waals surface area (Å²) in [5, 5.41) is 7.57. The molecule has 8 nitrogen and oxygen atoms in total. The maximum absolute atomic E-state index is 14.0. The molecule has 1 aromatic carbocycles. The number of halogens is 2. The molecule has 0 bridgehead atoms. The Morgan fingerprint density at radius 1 is 1.15 bits per heavy atom. The van der Waals surface area contributed by atoms with E-state index in [1.807, 2.05) is 18.0 Å². The highest BCUT2D eigenvalue weighted by atomic mass is 32.2. The van der Waals surface area contributed by atoms with Gasteiger partial charge in [0.15, 0.2) is 11.6 Å². The van der Waals surface area contributed by atoms with E-state index in [0.29, 0.717) is 29.9 Å². The molecule has 0 aliphatic carbocycles. The van der Waals surface area contributed by atoms with E-state index in [0.717, 1.165) is 30.9 Å². The Hall–Kier alpha value is -4.12. The SMILES string of the molecule is CC1=C/C/C=C(/C(=O)c2cnn(-c3cnc(Oc4c(F)cccc4F)cc3C)c2N)NC/C=C\1N1CCCS1. The second kappa shape index (κ2) is 11.3. The summed E-state index contributed by atoms with van der Waals surface area (Å²) < 4.78 is 37.0. The highest BCUT2D eigenvalue weighted by Crippen LogP contribution is 2.31. The fourth-order valence-electron chi connectivity index (χ4n) is 4.41. The smallest absolute Gasteiger partial charge is 0.219 e. The van der Waals surface area contributed by atoms with Crippen molar-refractivity contribution in [2.45, 2.75) is 26.7 Å². The zero-order valence-corrected chi connectivity index (χ0v) is 22.4. The van der Waals surface area contributed by atoms with Crippen LogP contribution in [0.15, 0.2) is 71.9 Å².